The standard InChI is InChI=1S/C17H21N5/c18-8-12-21(11-7-15-5-2-1-3-6-15)13-16-14-22-10-4-9-19-17(22)20-16/h1-6,9-10,14H,7-8,11-13,18H2. The van der Waals surface area contributed by atoms with E-state index >= 15 is 0 Å². The summed E-state index contributed by atoms with van der Waals surface area (Å²) in [5.41, 5.74) is 8.12. The molecule has 22 heavy (non-hydrogen) atoms. The number of hydrogen-bond acceptors (Lipinski definition) is 4. The van der Waals surface area contributed by atoms with E-state index in [4.69, 9.17) is 5.73 Å². The van der Waals surface area contributed by atoms with Gasteiger partial charge >= 0.3 is 0 Å². The molecule has 0 radical (unpaired) electrons. The molecule has 0 aliphatic carbocycles. The fourth-order valence-electron chi connectivity index (χ4n) is 2.57. The molecule has 5 nitrogen and oxygen atoms in total. The van der Waals surface area contributed by atoms with E-state index in [2.05, 4.69) is 39.1 Å². The van der Waals surface area contributed by atoms with Crippen LogP contribution in [0.2, 0.25) is 0 Å². The molecule has 2 heterocycles. The minimum absolute atomic E-state index is 0.653. The van der Waals surface area contributed by atoms with Gasteiger partial charge in [-0.05, 0) is 18.1 Å². The molecule has 0 aliphatic rings. The Morgan fingerprint density at radius 2 is 1.95 bits per heavy atom. The van der Waals surface area contributed by atoms with Crippen LogP contribution in [0.1, 0.15) is 11.3 Å². The van der Waals surface area contributed by atoms with Crippen molar-refractivity contribution in [2.75, 3.05) is 19.6 Å². The third-order valence-corrected chi connectivity index (χ3v) is 3.68. The lowest BCUT2D eigenvalue weighted by molar-refractivity contribution is 0.273. The fraction of sp³-hybridized carbons (Fsp3) is 0.294. The van der Waals surface area contributed by atoms with Crippen LogP contribution in [-0.2, 0) is 13.0 Å². The zero-order valence-electron chi connectivity index (χ0n) is 12.6. The van der Waals surface area contributed by atoms with Gasteiger partial charge in [-0.15, -0.1) is 0 Å². The molecule has 0 amide bonds. The van der Waals surface area contributed by atoms with Crippen LogP contribution >= 0.6 is 0 Å². The summed E-state index contributed by atoms with van der Waals surface area (Å²) in [6.45, 7) is 3.30. The first-order chi connectivity index (χ1) is 10.8. The first-order valence-corrected chi connectivity index (χ1v) is 7.60. The van der Waals surface area contributed by atoms with Crippen molar-refractivity contribution >= 4 is 5.78 Å². The smallest absolute Gasteiger partial charge is 0.233 e. The Morgan fingerprint density at radius 3 is 2.73 bits per heavy atom. The van der Waals surface area contributed by atoms with Crippen molar-refractivity contribution in [2.24, 2.45) is 5.73 Å². The summed E-state index contributed by atoms with van der Waals surface area (Å²) >= 11 is 0. The normalized spacial score (nSPS) is 11.4. The summed E-state index contributed by atoms with van der Waals surface area (Å²) in [5.74, 6) is 0.744. The lowest BCUT2D eigenvalue weighted by Crippen LogP contribution is -2.31. The number of nitrogens with two attached hydrogens (primary N) is 1. The van der Waals surface area contributed by atoms with Crippen LogP contribution in [0.3, 0.4) is 0 Å². The third kappa shape index (κ3) is 3.69. The van der Waals surface area contributed by atoms with Crippen molar-refractivity contribution in [1.82, 2.24) is 19.3 Å². The van der Waals surface area contributed by atoms with Gasteiger partial charge < -0.3 is 5.73 Å². The van der Waals surface area contributed by atoms with Crippen molar-refractivity contribution in [3.8, 4) is 0 Å². The van der Waals surface area contributed by atoms with Crippen LogP contribution in [-0.4, -0.2) is 38.9 Å². The Labute approximate surface area is 130 Å². The van der Waals surface area contributed by atoms with E-state index in [0.29, 0.717) is 6.54 Å². The van der Waals surface area contributed by atoms with Crippen LogP contribution in [0, 0.1) is 0 Å². The molecular weight excluding hydrogens is 274 g/mol. The maximum atomic E-state index is 5.75. The Kier molecular flexibility index (Phi) is 4.78. The van der Waals surface area contributed by atoms with Crippen LogP contribution in [0.25, 0.3) is 5.78 Å². The summed E-state index contributed by atoms with van der Waals surface area (Å²) in [6, 6.07) is 12.4. The van der Waals surface area contributed by atoms with Gasteiger partial charge in [0.2, 0.25) is 5.78 Å². The second kappa shape index (κ2) is 7.15. The van der Waals surface area contributed by atoms with Gasteiger partial charge in [0.15, 0.2) is 0 Å². The van der Waals surface area contributed by atoms with Crippen LogP contribution in [0.4, 0.5) is 0 Å². The Balaban J connectivity index is 1.65. The van der Waals surface area contributed by atoms with Gasteiger partial charge in [0, 0.05) is 44.8 Å². The molecule has 3 rings (SSSR count). The van der Waals surface area contributed by atoms with E-state index in [1.807, 2.05) is 28.9 Å². The first-order valence-electron chi connectivity index (χ1n) is 7.60. The van der Waals surface area contributed by atoms with E-state index < -0.39 is 0 Å². The second-order valence-electron chi connectivity index (χ2n) is 5.36. The van der Waals surface area contributed by atoms with E-state index in [9.17, 15) is 0 Å². The number of benzene rings is 1. The number of rotatable bonds is 7. The van der Waals surface area contributed by atoms with Crippen LogP contribution < -0.4 is 5.73 Å². The summed E-state index contributed by atoms with van der Waals surface area (Å²) in [5, 5.41) is 0. The third-order valence-electron chi connectivity index (χ3n) is 3.68. The van der Waals surface area contributed by atoms with E-state index in [1.54, 1.807) is 6.20 Å². The molecule has 0 aliphatic heterocycles. The van der Waals surface area contributed by atoms with Gasteiger partial charge in [-0.25, -0.2) is 9.97 Å². The number of imidazole rings is 1. The van der Waals surface area contributed by atoms with Gasteiger partial charge in [0.05, 0.1) is 5.69 Å². The average Bonchev–Trinajstić information content (AvgIpc) is 2.96. The van der Waals surface area contributed by atoms with Crippen molar-refractivity contribution in [1.29, 1.82) is 0 Å². The Morgan fingerprint density at radius 1 is 1.09 bits per heavy atom. The summed E-state index contributed by atoms with van der Waals surface area (Å²) in [7, 11) is 0. The maximum absolute atomic E-state index is 5.75. The zero-order valence-corrected chi connectivity index (χ0v) is 12.6. The van der Waals surface area contributed by atoms with Crippen molar-refractivity contribution < 1.29 is 0 Å². The van der Waals surface area contributed by atoms with Gasteiger partial charge in [-0.3, -0.25) is 9.30 Å². The Bertz CT molecular complexity index is 674. The first kappa shape index (κ1) is 14.7. The molecule has 0 atom stereocenters. The molecule has 0 fully saturated rings. The maximum Gasteiger partial charge on any atom is 0.233 e. The van der Waals surface area contributed by atoms with Crippen molar-refractivity contribution in [3.63, 3.8) is 0 Å². The molecule has 5 heteroatoms. The number of aromatic nitrogens is 3. The molecule has 1 aromatic carbocycles. The van der Waals surface area contributed by atoms with E-state index in [1.165, 1.54) is 5.56 Å². The lowest BCUT2D eigenvalue weighted by Gasteiger charge is -2.20. The highest BCUT2D eigenvalue weighted by Gasteiger charge is 2.09. The van der Waals surface area contributed by atoms with Gasteiger partial charge in [0.25, 0.3) is 0 Å². The largest absolute Gasteiger partial charge is 0.329 e. The van der Waals surface area contributed by atoms with Crippen LogP contribution in [0.5, 0.6) is 0 Å². The zero-order chi connectivity index (χ0) is 15.2. The van der Waals surface area contributed by atoms with Crippen molar-refractivity contribution in [2.45, 2.75) is 13.0 Å². The average molecular weight is 295 g/mol. The summed E-state index contributed by atoms with van der Waals surface area (Å²) in [4.78, 5) is 11.2. The van der Waals surface area contributed by atoms with E-state index in [-0.39, 0.29) is 0 Å². The molecule has 2 N–H and O–H groups in total. The topological polar surface area (TPSA) is 59.5 Å². The fourth-order valence-corrected chi connectivity index (χ4v) is 2.57. The number of fused-ring (bicyclic) bond motifs is 1. The number of hydrogen-bond donors (Lipinski definition) is 1. The molecule has 0 unspecified atom stereocenters. The molecule has 0 saturated heterocycles. The second-order valence-corrected chi connectivity index (χ2v) is 5.36. The monoisotopic (exact) mass is 295 g/mol. The quantitative estimate of drug-likeness (QED) is 0.721. The van der Waals surface area contributed by atoms with Gasteiger partial charge in [-0.2, -0.15) is 0 Å². The predicted octanol–water partition coefficient (Wildman–Crippen LogP) is 1.73. The SMILES string of the molecule is NCCN(CCc1ccccc1)Cc1cn2cccnc2n1. The van der Waals surface area contributed by atoms with Crippen molar-refractivity contribution in [3.05, 3.63) is 66.2 Å². The molecular formula is C17H21N5. The van der Waals surface area contributed by atoms with Gasteiger partial charge in [0.1, 0.15) is 0 Å². The minimum atomic E-state index is 0.653. The highest BCUT2D eigenvalue weighted by atomic mass is 15.2. The van der Waals surface area contributed by atoms with Crippen LogP contribution in [0.15, 0.2) is 55.0 Å². The molecule has 0 spiro atoms. The predicted molar refractivity (Wildman–Crippen MR) is 87.5 cm³/mol. The molecule has 0 saturated carbocycles. The molecule has 2 aromatic heterocycles. The summed E-state index contributed by atoms with van der Waals surface area (Å²) < 4.78 is 1.95. The Hall–Kier alpha value is -2.24. The summed E-state index contributed by atoms with van der Waals surface area (Å²) in [6.07, 6.45) is 6.79. The molecule has 3 aromatic rings. The lowest BCUT2D eigenvalue weighted by atomic mass is 10.1. The van der Waals surface area contributed by atoms with Gasteiger partial charge in [-0.1, -0.05) is 30.3 Å². The molecule has 0 bridgehead atoms. The highest BCUT2D eigenvalue weighted by molar-refractivity contribution is 5.29. The van der Waals surface area contributed by atoms with E-state index in [0.717, 1.165) is 37.5 Å². The minimum Gasteiger partial charge on any atom is -0.329 e. The molecule has 114 valence electrons. The number of nitrogens with zero attached hydrogens (tertiary/aromatic N) is 4. The highest BCUT2D eigenvalue weighted by Crippen LogP contribution is 2.07.